The molecule has 0 aliphatic rings. The van der Waals surface area contributed by atoms with Crippen LogP contribution in [0.25, 0.3) is 0 Å². The van der Waals surface area contributed by atoms with E-state index in [-0.39, 0.29) is 38.8 Å². The maximum absolute atomic E-state index is 13.0. The first-order valence-electron chi connectivity index (χ1n) is 17.6. The molecule has 2 amide bonds. The summed E-state index contributed by atoms with van der Waals surface area (Å²) in [5.74, 6) is -4.28. The third kappa shape index (κ3) is 11.6. The van der Waals surface area contributed by atoms with Gasteiger partial charge in [-0.3, -0.25) is 19.0 Å². The quantitative estimate of drug-likeness (QED) is 0.0603. The Balaban J connectivity index is 1.38. The number of carbonyl (C=O) groups excluding carboxylic acids is 2. The van der Waals surface area contributed by atoms with Crippen LogP contribution in [0.4, 0.5) is 17.1 Å². The van der Waals surface area contributed by atoms with E-state index in [1.807, 2.05) is 0 Å². The molecule has 0 bridgehead atoms. The van der Waals surface area contributed by atoms with E-state index in [2.05, 4.69) is 33.9 Å². The number of amides is 2. The standard InChI is InChI=1S/C39H44N4O10S2/c1-4-6-8-26-10-16-30(17-11-26)54(50,51)42-34-20-14-28(23-32(34)38(46)47)37(45)40-25(3)22-36(44)41-29-15-21-35(33(24-29)39(48)49)43-55(52,53)31-18-12-27(13-19-31)9-7-5-2/h10-21,23-25,42-43H,4-9,22H2,1-3H3,(H,40,45)(H,41,44)(H,46,47)(H,48,49)/t25-/m0/s1. The van der Waals surface area contributed by atoms with Gasteiger partial charge in [0.25, 0.3) is 26.0 Å². The molecular weight excluding hydrogens is 749 g/mol. The molecule has 0 aliphatic heterocycles. The molecule has 0 unspecified atom stereocenters. The van der Waals surface area contributed by atoms with Crippen LogP contribution in [0.5, 0.6) is 0 Å². The maximum Gasteiger partial charge on any atom is 0.337 e. The van der Waals surface area contributed by atoms with Crippen LogP contribution in [0.1, 0.15) is 95.1 Å². The summed E-state index contributed by atoms with van der Waals surface area (Å²) < 4.78 is 56.7. The van der Waals surface area contributed by atoms with Crippen molar-refractivity contribution in [3.8, 4) is 0 Å². The van der Waals surface area contributed by atoms with Gasteiger partial charge in [-0.25, -0.2) is 26.4 Å². The molecule has 6 N–H and O–H groups in total. The second kappa shape index (κ2) is 18.5. The van der Waals surface area contributed by atoms with Crippen LogP contribution in [0.3, 0.4) is 0 Å². The normalized spacial score (nSPS) is 12.0. The maximum atomic E-state index is 13.0. The summed E-state index contributed by atoms with van der Waals surface area (Å²) >= 11 is 0. The van der Waals surface area contributed by atoms with Gasteiger partial charge in [0.2, 0.25) is 5.91 Å². The van der Waals surface area contributed by atoms with Crippen molar-refractivity contribution in [1.29, 1.82) is 0 Å². The Morgan fingerprint density at radius 3 is 1.55 bits per heavy atom. The van der Waals surface area contributed by atoms with E-state index in [0.29, 0.717) is 0 Å². The van der Waals surface area contributed by atoms with E-state index in [4.69, 9.17) is 0 Å². The molecule has 292 valence electrons. The summed E-state index contributed by atoms with van der Waals surface area (Å²) in [7, 11) is -8.28. The number of benzene rings is 4. The first-order chi connectivity index (χ1) is 26.0. The average molecular weight is 793 g/mol. The fraction of sp³-hybridized carbons (Fsp3) is 0.282. The van der Waals surface area contributed by atoms with E-state index in [1.54, 1.807) is 24.3 Å². The van der Waals surface area contributed by atoms with Gasteiger partial charge in [0, 0.05) is 23.7 Å². The number of unbranched alkanes of at least 4 members (excludes halogenated alkanes) is 2. The van der Waals surface area contributed by atoms with Crippen molar-refractivity contribution in [2.75, 3.05) is 14.8 Å². The van der Waals surface area contributed by atoms with Crippen molar-refractivity contribution >= 4 is 60.9 Å². The van der Waals surface area contributed by atoms with Gasteiger partial charge in [-0.1, -0.05) is 51.0 Å². The van der Waals surface area contributed by atoms with Crippen LogP contribution in [-0.2, 0) is 37.7 Å². The third-order valence-corrected chi connectivity index (χ3v) is 11.3. The summed E-state index contributed by atoms with van der Waals surface area (Å²) in [6, 6.07) is 18.8. The van der Waals surface area contributed by atoms with Crippen LogP contribution in [0, 0.1) is 0 Å². The molecule has 0 heterocycles. The lowest BCUT2D eigenvalue weighted by Crippen LogP contribution is -2.35. The highest BCUT2D eigenvalue weighted by Crippen LogP contribution is 2.26. The molecule has 1 atom stereocenters. The largest absolute Gasteiger partial charge is 0.478 e. The number of aromatic carboxylic acids is 2. The molecule has 4 aromatic rings. The second-order valence-corrected chi connectivity index (χ2v) is 16.3. The zero-order chi connectivity index (χ0) is 40.3. The van der Waals surface area contributed by atoms with Gasteiger partial charge in [0.15, 0.2) is 0 Å². The number of hydrogen-bond donors (Lipinski definition) is 6. The van der Waals surface area contributed by atoms with Crippen LogP contribution >= 0.6 is 0 Å². The van der Waals surface area contributed by atoms with Crippen molar-refractivity contribution < 1.29 is 46.2 Å². The minimum absolute atomic E-state index is 0.0450. The van der Waals surface area contributed by atoms with E-state index >= 15 is 0 Å². The van der Waals surface area contributed by atoms with Crippen molar-refractivity contribution in [3.63, 3.8) is 0 Å². The molecule has 0 aliphatic carbocycles. The minimum Gasteiger partial charge on any atom is -0.478 e. The predicted molar refractivity (Wildman–Crippen MR) is 209 cm³/mol. The predicted octanol–water partition coefficient (Wildman–Crippen LogP) is 6.52. The molecule has 0 aromatic heterocycles. The Morgan fingerprint density at radius 2 is 1.09 bits per heavy atom. The van der Waals surface area contributed by atoms with E-state index in [1.165, 1.54) is 49.4 Å². The smallest absolute Gasteiger partial charge is 0.337 e. The number of rotatable bonds is 19. The number of nitrogens with one attached hydrogen (secondary N) is 4. The van der Waals surface area contributed by atoms with Crippen LogP contribution < -0.4 is 20.1 Å². The fourth-order valence-corrected chi connectivity index (χ4v) is 7.69. The molecule has 0 spiro atoms. The summed E-state index contributed by atoms with van der Waals surface area (Å²) in [5, 5.41) is 24.7. The molecular formula is C39H44N4O10S2. The monoisotopic (exact) mass is 792 g/mol. The highest BCUT2D eigenvalue weighted by molar-refractivity contribution is 7.93. The van der Waals surface area contributed by atoms with Crippen LogP contribution in [0.2, 0.25) is 0 Å². The number of carbonyl (C=O) groups is 4. The van der Waals surface area contributed by atoms with Crippen molar-refractivity contribution in [3.05, 3.63) is 113 Å². The zero-order valence-corrected chi connectivity index (χ0v) is 32.2. The first kappa shape index (κ1) is 42.0. The van der Waals surface area contributed by atoms with Gasteiger partial charge in [-0.15, -0.1) is 0 Å². The Hall–Kier alpha value is -5.74. The number of anilines is 3. The van der Waals surface area contributed by atoms with Gasteiger partial charge < -0.3 is 20.8 Å². The summed E-state index contributed by atoms with van der Waals surface area (Å²) in [4.78, 5) is 49.9. The van der Waals surface area contributed by atoms with Gasteiger partial charge >= 0.3 is 11.9 Å². The van der Waals surface area contributed by atoms with Gasteiger partial charge in [-0.2, -0.15) is 0 Å². The highest BCUT2D eigenvalue weighted by Gasteiger charge is 2.23. The summed E-state index contributed by atoms with van der Waals surface area (Å²) in [6.45, 7) is 5.62. The van der Waals surface area contributed by atoms with Gasteiger partial charge in [-0.05, 0) is 104 Å². The molecule has 0 fully saturated rings. The minimum atomic E-state index is -4.15. The topological polar surface area (TPSA) is 225 Å². The van der Waals surface area contributed by atoms with Crippen LogP contribution in [-0.4, -0.2) is 56.8 Å². The molecule has 14 nitrogen and oxygen atoms in total. The average Bonchev–Trinajstić information content (AvgIpc) is 3.13. The van der Waals surface area contributed by atoms with Crippen molar-refractivity contribution in [1.82, 2.24) is 5.32 Å². The molecule has 0 radical (unpaired) electrons. The molecule has 55 heavy (non-hydrogen) atoms. The van der Waals surface area contributed by atoms with Crippen LogP contribution in [0.15, 0.2) is 94.7 Å². The summed E-state index contributed by atoms with van der Waals surface area (Å²) in [5.41, 5.74) is 0.553. The Bertz CT molecular complexity index is 2260. The fourth-order valence-electron chi connectivity index (χ4n) is 5.53. The SMILES string of the molecule is CCCCc1ccc(S(=O)(=O)Nc2ccc(NC(=O)C[C@H](C)NC(=O)c3ccc(NS(=O)(=O)c4ccc(CCCC)cc4)c(C(=O)O)c3)cc2C(=O)O)cc1. The molecule has 4 aromatic carbocycles. The molecule has 4 rings (SSSR count). The lowest BCUT2D eigenvalue weighted by molar-refractivity contribution is -0.116. The Kier molecular flexibility index (Phi) is 14.2. The lowest BCUT2D eigenvalue weighted by atomic mass is 10.1. The number of sulfonamides is 2. The molecule has 16 heteroatoms. The van der Waals surface area contributed by atoms with E-state index in [9.17, 15) is 46.2 Å². The van der Waals surface area contributed by atoms with E-state index < -0.39 is 61.0 Å². The Morgan fingerprint density at radius 1 is 0.636 bits per heavy atom. The highest BCUT2D eigenvalue weighted by atomic mass is 32.2. The zero-order valence-electron chi connectivity index (χ0n) is 30.6. The van der Waals surface area contributed by atoms with Gasteiger partial charge in [0.05, 0.1) is 32.3 Å². The van der Waals surface area contributed by atoms with Gasteiger partial charge in [0.1, 0.15) is 0 Å². The number of carboxylic acids is 2. The third-order valence-electron chi connectivity index (χ3n) is 8.51. The lowest BCUT2D eigenvalue weighted by Gasteiger charge is -2.16. The molecule has 0 saturated carbocycles. The molecule has 0 saturated heterocycles. The number of aryl methyl sites for hydroxylation is 2. The number of carboxylic acid groups (broad SMARTS) is 2. The van der Waals surface area contributed by atoms with Crippen molar-refractivity contribution in [2.45, 2.75) is 81.5 Å². The summed E-state index contributed by atoms with van der Waals surface area (Å²) in [6.07, 6.45) is 5.21. The van der Waals surface area contributed by atoms with Crippen molar-refractivity contribution in [2.24, 2.45) is 0 Å². The Labute approximate surface area is 320 Å². The number of hydrogen-bond acceptors (Lipinski definition) is 8. The second-order valence-electron chi connectivity index (χ2n) is 13.0. The van der Waals surface area contributed by atoms with E-state index in [0.717, 1.165) is 67.9 Å². The first-order valence-corrected chi connectivity index (χ1v) is 20.6.